The van der Waals surface area contributed by atoms with Crippen LogP contribution in [0.25, 0.3) is 0 Å². The lowest BCUT2D eigenvalue weighted by molar-refractivity contribution is 0.774. The maximum absolute atomic E-state index is 6.06. The normalized spacial score (nSPS) is 30.1. The van der Waals surface area contributed by atoms with E-state index < -0.39 is 4.33 Å². The van der Waals surface area contributed by atoms with E-state index in [1.807, 2.05) is 24.3 Å². The van der Waals surface area contributed by atoms with Gasteiger partial charge in [0.2, 0.25) is 0 Å². The van der Waals surface area contributed by atoms with Crippen molar-refractivity contribution in [3.63, 3.8) is 0 Å². The molecular formula is C10H11Cl2N. The van der Waals surface area contributed by atoms with Crippen LogP contribution >= 0.6 is 23.2 Å². The molecule has 2 rings (SSSR count). The fraction of sp³-hybridized carbons (Fsp3) is 0.400. The van der Waals surface area contributed by atoms with E-state index in [0.717, 1.165) is 17.7 Å². The Hall–Kier alpha value is -0.400. The van der Waals surface area contributed by atoms with E-state index in [-0.39, 0.29) is 5.41 Å². The minimum atomic E-state index is -0.594. The first kappa shape index (κ1) is 9.17. The second kappa shape index (κ2) is 2.55. The van der Waals surface area contributed by atoms with E-state index in [9.17, 15) is 0 Å². The highest BCUT2D eigenvalue weighted by molar-refractivity contribution is 6.52. The molecule has 1 atom stereocenters. The predicted molar refractivity (Wildman–Crippen MR) is 57.3 cm³/mol. The summed E-state index contributed by atoms with van der Waals surface area (Å²) in [5, 5.41) is 0. The molecule has 0 aromatic heterocycles. The summed E-state index contributed by atoms with van der Waals surface area (Å²) in [5.74, 6) is 0. The van der Waals surface area contributed by atoms with Crippen LogP contribution in [0.2, 0.25) is 0 Å². The third-order valence-corrected chi connectivity index (χ3v) is 3.91. The lowest BCUT2D eigenvalue weighted by Crippen LogP contribution is -2.09. The van der Waals surface area contributed by atoms with Gasteiger partial charge in [-0.3, -0.25) is 0 Å². The third-order valence-electron chi connectivity index (χ3n) is 2.81. The van der Waals surface area contributed by atoms with Crippen LogP contribution in [0.1, 0.15) is 18.9 Å². The van der Waals surface area contributed by atoms with Gasteiger partial charge in [-0.15, -0.1) is 23.2 Å². The molecule has 1 aliphatic rings. The Morgan fingerprint density at radius 2 is 1.69 bits per heavy atom. The predicted octanol–water partition coefficient (Wildman–Crippen LogP) is 3.10. The Kier molecular flexibility index (Phi) is 1.80. The Morgan fingerprint density at radius 1 is 1.23 bits per heavy atom. The van der Waals surface area contributed by atoms with Crippen LogP contribution in [0, 0.1) is 0 Å². The number of anilines is 1. The highest BCUT2D eigenvalue weighted by atomic mass is 35.5. The van der Waals surface area contributed by atoms with Gasteiger partial charge in [0.05, 0.1) is 0 Å². The second-order valence-corrected chi connectivity index (χ2v) is 5.32. The molecule has 2 N–H and O–H groups in total. The molecule has 0 bridgehead atoms. The average molecular weight is 216 g/mol. The zero-order valence-electron chi connectivity index (χ0n) is 7.35. The molecule has 0 amide bonds. The van der Waals surface area contributed by atoms with Crippen LogP contribution in [0.4, 0.5) is 5.69 Å². The molecule has 1 saturated carbocycles. The summed E-state index contributed by atoms with van der Waals surface area (Å²) in [4.78, 5) is 0. The fourth-order valence-corrected chi connectivity index (χ4v) is 2.32. The van der Waals surface area contributed by atoms with Gasteiger partial charge >= 0.3 is 0 Å². The minimum absolute atomic E-state index is 0.0934. The third kappa shape index (κ3) is 1.31. The van der Waals surface area contributed by atoms with Crippen molar-refractivity contribution in [1.29, 1.82) is 0 Å². The Balaban J connectivity index is 2.34. The standard InChI is InChI=1S/C10H11Cl2N/c1-9(6-10(9,11)12)7-2-4-8(13)5-3-7/h2-5H,6,13H2,1H3. The van der Waals surface area contributed by atoms with Gasteiger partial charge in [0.25, 0.3) is 0 Å². The number of benzene rings is 1. The first-order valence-corrected chi connectivity index (χ1v) is 4.95. The van der Waals surface area contributed by atoms with Crippen molar-refractivity contribution in [3.8, 4) is 0 Å². The second-order valence-electron chi connectivity index (χ2n) is 3.84. The maximum atomic E-state index is 6.06. The molecule has 0 spiro atoms. The van der Waals surface area contributed by atoms with Crippen molar-refractivity contribution in [3.05, 3.63) is 29.8 Å². The quantitative estimate of drug-likeness (QED) is 0.566. The van der Waals surface area contributed by atoms with Gasteiger partial charge in [-0.2, -0.15) is 0 Å². The topological polar surface area (TPSA) is 26.0 Å². The molecule has 3 heteroatoms. The molecule has 0 heterocycles. The molecule has 1 nitrogen and oxygen atoms in total. The summed E-state index contributed by atoms with van der Waals surface area (Å²) in [6, 6.07) is 7.73. The van der Waals surface area contributed by atoms with Gasteiger partial charge in [-0.25, -0.2) is 0 Å². The Bertz CT molecular complexity index is 331. The van der Waals surface area contributed by atoms with Crippen molar-refractivity contribution in [2.24, 2.45) is 0 Å². The maximum Gasteiger partial charge on any atom is 0.128 e. The van der Waals surface area contributed by atoms with Crippen LogP contribution in [-0.4, -0.2) is 4.33 Å². The molecule has 70 valence electrons. The molecule has 0 saturated heterocycles. The number of nitrogens with two attached hydrogens (primary N) is 1. The van der Waals surface area contributed by atoms with Crippen LogP contribution in [0.5, 0.6) is 0 Å². The fourth-order valence-electron chi connectivity index (χ4n) is 1.56. The first-order valence-electron chi connectivity index (χ1n) is 4.20. The van der Waals surface area contributed by atoms with E-state index in [1.165, 1.54) is 0 Å². The van der Waals surface area contributed by atoms with Crippen molar-refractivity contribution in [1.82, 2.24) is 0 Å². The van der Waals surface area contributed by atoms with E-state index in [0.29, 0.717) is 0 Å². The summed E-state index contributed by atoms with van der Waals surface area (Å²) in [6.45, 7) is 2.07. The summed E-state index contributed by atoms with van der Waals surface area (Å²) >= 11 is 12.1. The molecule has 13 heavy (non-hydrogen) atoms. The number of hydrogen-bond acceptors (Lipinski definition) is 1. The molecule has 1 aliphatic carbocycles. The van der Waals surface area contributed by atoms with Gasteiger partial charge in [0, 0.05) is 11.1 Å². The van der Waals surface area contributed by atoms with Gasteiger partial charge in [-0.05, 0) is 24.1 Å². The highest BCUT2D eigenvalue weighted by Crippen LogP contribution is 2.64. The summed E-state index contributed by atoms with van der Waals surface area (Å²) < 4.78 is -0.594. The van der Waals surface area contributed by atoms with Gasteiger partial charge < -0.3 is 5.73 Å². The minimum Gasteiger partial charge on any atom is -0.399 e. The lowest BCUT2D eigenvalue weighted by Gasteiger charge is -2.12. The summed E-state index contributed by atoms with van der Waals surface area (Å²) in [7, 11) is 0. The average Bonchev–Trinajstić information content (AvgIpc) is 2.53. The molecule has 0 aliphatic heterocycles. The summed E-state index contributed by atoms with van der Waals surface area (Å²) in [5.41, 5.74) is 7.42. The molecule has 0 radical (unpaired) electrons. The molecule has 1 unspecified atom stereocenters. The van der Waals surface area contributed by atoms with Crippen LogP contribution in [0.15, 0.2) is 24.3 Å². The molecular weight excluding hydrogens is 205 g/mol. The van der Waals surface area contributed by atoms with Gasteiger partial charge in [0.15, 0.2) is 0 Å². The largest absolute Gasteiger partial charge is 0.399 e. The SMILES string of the molecule is CC1(c2ccc(N)cc2)CC1(Cl)Cl. The smallest absolute Gasteiger partial charge is 0.128 e. The van der Waals surface area contributed by atoms with E-state index in [1.54, 1.807) is 0 Å². The Morgan fingerprint density at radius 3 is 2.08 bits per heavy atom. The highest BCUT2D eigenvalue weighted by Gasteiger charge is 2.63. The Labute approximate surface area is 87.8 Å². The van der Waals surface area contributed by atoms with Crippen molar-refractivity contribution < 1.29 is 0 Å². The number of hydrogen-bond donors (Lipinski definition) is 1. The summed E-state index contributed by atoms with van der Waals surface area (Å²) in [6.07, 6.45) is 0.813. The van der Waals surface area contributed by atoms with Crippen LogP contribution in [0.3, 0.4) is 0 Å². The molecule has 1 fully saturated rings. The number of halogens is 2. The van der Waals surface area contributed by atoms with Crippen molar-refractivity contribution >= 4 is 28.9 Å². The van der Waals surface area contributed by atoms with Gasteiger partial charge in [-0.1, -0.05) is 19.1 Å². The van der Waals surface area contributed by atoms with Crippen molar-refractivity contribution in [2.45, 2.75) is 23.1 Å². The van der Waals surface area contributed by atoms with Crippen LogP contribution < -0.4 is 5.73 Å². The number of nitrogen functional groups attached to an aromatic ring is 1. The van der Waals surface area contributed by atoms with Crippen LogP contribution in [-0.2, 0) is 5.41 Å². The molecule has 1 aromatic rings. The van der Waals surface area contributed by atoms with E-state index in [4.69, 9.17) is 28.9 Å². The molecule has 1 aromatic carbocycles. The number of alkyl halides is 2. The van der Waals surface area contributed by atoms with Gasteiger partial charge in [0.1, 0.15) is 4.33 Å². The zero-order chi connectivity index (χ0) is 9.69. The lowest BCUT2D eigenvalue weighted by atomic mass is 9.98. The number of rotatable bonds is 1. The zero-order valence-corrected chi connectivity index (χ0v) is 8.86. The van der Waals surface area contributed by atoms with E-state index in [2.05, 4.69) is 6.92 Å². The van der Waals surface area contributed by atoms with E-state index >= 15 is 0 Å². The first-order chi connectivity index (χ1) is 5.96. The van der Waals surface area contributed by atoms with Crippen molar-refractivity contribution in [2.75, 3.05) is 5.73 Å². The monoisotopic (exact) mass is 215 g/mol.